The molecule has 11 nitrogen and oxygen atoms in total. The van der Waals surface area contributed by atoms with Gasteiger partial charge in [0.1, 0.15) is 6.61 Å². The van der Waals surface area contributed by atoms with E-state index in [1.54, 1.807) is 48.5 Å². The van der Waals surface area contributed by atoms with E-state index in [0.29, 0.717) is 11.1 Å². The van der Waals surface area contributed by atoms with Crippen LogP contribution < -0.4 is 5.32 Å². The highest BCUT2D eigenvalue weighted by atomic mass is 32.2. The summed E-state index contributed by atoms with van der Waals surface area (Å²) in [6.07, 6.45) is 11.1. The number of hydrogen-bond acceptors (Lipinski definition) is 8. The molecule has 0 spiro atoms. The van der Waals surface area contributed by atoms with Crippen molar-refractivity contribution in [2.75, 3.05) is 39.8 Å². The predicted molar refractivity (Wildman–Crippen MR) is 184 cm³/mol. The Hall–Kier alpha value is -3.32. The average molecular weight is 690 g/mol. The molecule has 1 aliphatic rings. The summed E-state index contributed by atoms with van der Waals surface area (Å²) in [5.74, 6) is -4.52. The van der Waals surface area contributed by atoms with Gasteiger partial charge in [-0.3, -0.25) is 14.4 Å². The van der Waals surface area contributed by atoms with Crippen LogP contribution in [0.3, 0.4) is 0 Å². The van der Waals surface area contributed by atoms with E-state index in [4.69, 9.17) is 9.47 Å². The Labute approximate surface area is 287 Å². The van der Waals surface area contributed by atoms with Crippen molar-refractivity contribution in [2.45, 2.75) is 97.3 Å². The van der Waals surface area contributed by atoms with E-state index >= 15 is 0 Å². The third kappa shape index (κ3) is 12.0. The molecule has 0 radical (unpaired) electrons. The Morgan fingerprint density at radius 3 is 1.71 bits per heavy atom. The first-order valence-electron chi connectivity index (χ1n) is 17.2. The van der Waals surface area contributed by atoms with Crippen molar-refractivity contribution < 1.29 is 41.3 Å². The Balaban J connectivity index is 0.000000401. The van der Waals surface area contributed by atoms with Gasteiger partial charge >= 0.3 is 5.97 Å². The third-order valence-corrected chi connectivity index (χ3v) is 9.52. The molecule has 2 amide bonds. The Kier molecular flexibility index (Phi) is 17.2. The number of β-lactam (4-membered cyclic amide) rings is 1. The summed E-state index contributed by atoms with van der Waals surface area (Å²) < 4.78 is 45.0. The molecule has 0 aliphatic carbocycles. The van der Waals surface area contributed by atoms with E-state index in [1.165, 1.54) is 94.2 Å². The maximum absolute atomic E-state index is 13.0. The summed E-state index contributed by atoms with van der Waals surface area (Å²) in [6.45, 7) is 14.2. The molecule has 1 aliphatic heterocycles. The summed E-state index contributed by atoms with van der Waals surface area (Å²) in [4.78, 5) is 38.0. The van der Waals surface area contributed by atoms with E-state index in [-0.39, 0.29) is 10.9 Å². The Morgan fingerprint density at radius 2 is 1.31 bits per heavy atom. The number of ether oxygens (including phenoxy) is 2. The van der Waals surface area contributed by atoms with Crippen LogP contribution in [-0.2, 0) is 40.8 Å². The molecule has 0 bridgehead atoms. The van der Waals surface area contributed by atoms with Gasteiger partial charge in [-0.05, 0) is 36.8 Å². The highest BCUT2D eigenvalue weighted by molar-refractivity contribution is 7.84. The zero-order valence-electron chi connectivity index (χ0n) is 29.3. The van der Waals surface area contributed by atoms with Crippen molar-refractivity contribution >= 4 is 28.1 Å². The molecule has 1 heterocycles. The number of unbranched alkanes of at least 4 members (excludes halogenated alkanes) is 4. The average Bonchev–Trinajstić information content (AvgIpc) is 3.09. The van der Waals surface area contributed by atoms with Crippen LogP contribution in [0.4, 0.5) is 0 Å². The van der Waals surface area contributed by atoms with Gasteiger partial charge in [-0.15, -0.1) is 0 Å². The highest BCUT2D eigenvalue weighted by Crippen LogP contribution is 2.28. The smallest absolute Gasteiger partial charge is 0.323 e. The molecule has 2 aromatic rings. The van der Waals surface area contributed by atoms with E-state index in [9.17, 15) is 27.4 Å². The van der Waals surface area contributed by atoms with Crippen LogP contribution in [0.5, 0.6) is 0 Å². The van der Waals surface area contributed by atoms with Crippen LogP contribution in [0.25, 0.3) is 0 Å². The fraction of sp³-hybridized carbons (Fsp3) is 0.583. The van der Waals surface area contributed by atoms with Crippen LogP contribution in [0, 0.1) is 0 Å². The maximum atomic E-state index is 13.0. The maximum Gasteiger partial charge on any atom is 0.323 e. The van der Waals surface area contributed by atoms with Gasteiger partial charge < -0.3 is 23.8 Å². The molecule has 2 atom stereocenters. The Bertz CT molecular complexity index is 1340. The van der Waals surface area contributed by atoms with E-state index in [1.807, 2.05) is 0 Å². The first-order chi connectivity index (χ1) is 22.9. The highest BCUT2D eigenvalue weighted by Gasteiger charge is 2.57. The third-order valence-electron chi connectivity index (χ3n) is 8.68. The summed E-state index contributed by atoms with van der Waals surface area (Å²) in [6, 6.07) is 16.8. The van der Waals surface area contributed by atoms with Crippen LogP contribution in [0.1, 0.15) is 96.1 Å². The van der Waals surface area contributed by atoms with Gasteiger partial charge in [0.15, 0.2) is 16.2 Å². The molecule has 2 unspecified atom stereocenters. The lowest BCUT2D eigenvalue weighted by Crippen LogP contribution is -2.76. The quantitative estimate of drug-likeness (QED) is 0.0495. The Morgan fingerprint density at radius 1 is 0.854 bits per heavy atom. The van der Waals surface area contributed by atoms with Gasteiger partial charge in [0, 0.05) is 7.11 Å². The van der Waals surface area contributed by atoms with Gasteiger partial charge in [-0.1, -0.05) is 114 Å². The number of esters is 1. The molecule has 2 aromatic carbocycles. The zero-order chi connectivity index (χ0) is 35.6. The van der Waals surface area contributed by atoms with Crippen LogP contribution in [0.2, 0.25) is 0 Å². The first kappa shape index (κ1) is 40.9. The zero-order valence-corrected chi connectivity index (χ0v) is 30.1. The number of quaternary nitrogens is 1. The number of nitrogens with zero attached hydrogens (tertiary/aromatic N) is 2. The molecule has 1 fully saturated rings. The van der Waals surface area contributed by atoms with Gasteiger partial charge in [0.25, 0.3) is 5.91 Å². The SMILES string of the molecule is CCCC[N+](CCCC)(CCCC)CCCC.COC1(NC(=O)C(C(=O)OCc2ccccc2)c2ccccc2)CN(S(=O)(=O)[O-])C1=O. The summed E-state index contributed by atoms with van der Waals surface area (Å²) in [7, 11) is -3.98. The number of carbonyl (C=O) groups is 3. The normalized spacial score (nSPS) is 16.7. The second kappa shape index (κ2) is 20.3. The minimum Gasteiger partial charge on any atom is -0.731 e. The van der Waals surface area contributed by atoms with Crippen LogP contribution >= 0.6 is 0 Å². The molecule has 1 N–H and O–H groups in total. The second-order valence-electron chi connectivity index (χ2n) is 12.4. The van der Waals surface area contributed by atoms with Crippen molar-refractivity contribution in [3.8, 4) is 0 Å². The number of amides is 2. The predicted octanol–water partition coefficient (Wildman–Crippen LogP) is 5.28. The molecule has 268 valence electrons. The van der Waals surface area contributed by atoms with E-state index in [2.05, 4.69) is 33.0 Å². The molecule has 3 rings (SSSR count). The van der Waals surface area contributed by atoms with E-state index in [0.717, 1.165) is 7.11 Å². The minimum absolute atomic E-state index is 0.0298. The standard InChI is InChI=1S/C20H20N2O8S.C16H36N/c1-29-20(13-22(19(20)25)31(26,27)28)21-17(23)16(15-10-6-3-7-11-15)18(24)30-12-14-8-4-2-5-9-14;1-5-9-13-17(14-10-6-2,15-11-7-3)16-12-8-4/h2-11,16H,12-13H2,1H3,(H,21,23)(H,26,27,28);5-16H2,1-4H3/q;+1/p-1. The number of hydrogen-bond donors (Lipinski definition) is 1. The van der Waals surface area contributed by atoms with E-state index < -0.39 is 46.3 Å². The van der Waals surface area contributed by atoms with Gasteiger partial charge in [0.2, 0.25) is 11.6 Å². The van der Waals surface area contributed by atoms with Crippen molar-refractivity contribution in [3.05, 3.63) is 71.8 Å². The van der Waals surface area contributed by atoms with Gasteiger partial charge in [-0.25, -0.2) is 12.7 Å². The van der Waals surface area contributed by atoms with Crippen molar-refractivity contribution in [1.82, 2.24) is 9.62 Å². The van der Waals surface area contributed by atoms with Crippen LogP contribution in [0.15, 0.2) is 60.7 Å². The molecule has 0 aromatic heterocycles. The number of benzene rings is 2. The molecular formula is C36H55N3O8S. The van der Waals surface area contributed by atoms with Gasteiger partial charge in [0.05, 0.1) is 32.7 Å². The molecule has 48 heavy (non-hydrogen) atoms. The monoisotopic (exact) mass is 689 g/mol. The minimum atomic E-state index is -5.05. The largest absolute Gasteiger partial charge is 0.731 e. The molecule has 0 saturated carbocycles. The van der Waals surface area contributed by atoms with Crippen LogP contribution in [-0.4, -0.2) is 85.1 Å². The fourth-order valence-electron chi connectivity index (χ4n) is 5.70. The fourth-order valence-corrected chi connectivity index (χ4v) is 6.39. The number of carbonyl (C=O) groups excluding carboxylic acids is 3. The number of rotatable bonds is 20. The lowest BCUT2D eigenvalue weighted by Gasteiger charge is -2.47. The lowest BCUT2D eigenvalue weighted by molar-refractivity contribution is -0.929. The van der Waals surface area contributed by atoms with Gasteiger partial charge in [-0.2, -0.15) is 0 Å². The summed E-state index contributed by atoms with van der Waals surface area (Å²) in [5, 5.41) is 2.25. The topological polar surface area (TPSA) is 142 Å². The van der Waals surface area contributed by atoms with Crippen molar-refractivity contribution in [2.24, 2.45) is 0 Å². The molecular weight excluding hydrogens is 634 g/mol. The van der Waals surface area contributed by atoms with Crippen molar-refractivity contribution in [1.29, 1.82) is 0 Å². The van der Waals surface area contributed by atoms with Crippen molar-refractivity contribution in [3.63, 3.8) is 0 Å². The summed E-state index contributed by atoms with van der Waals surface area (Å²) >= 11 is 0. The molecule has 12 heteroatoms. The number of methoxy groups -OCH3 is 1. The first-order valence-corrected chi connectivity index (χ1v) is 18.5. The number of nitrogens with one attached hydrogen (secondary N) is 1. The summed E-state index contributed by atoms with van der Waals surface area (Å²) in [5.41, 5.74) is -1.06. The second-order valence-corrected chi connectivity index (χ2v) is 13.7. The lowest BCUT2D eigenvalue weighted by atomic mass is 9.96. The molecule has 1 saturated heterocycles.